The van der Waals surface area contributed by atoms with Crippen molar-refractivity contribution in [3.8, 4) is 17.2 Å². The van der Waals surface area contributed by atoms with Crippen LogP contribution in [0.25, 0.3) is 0 Å². The molecule has 0 aromatic heterocycles. The second-order valence-corrected chi connectivity index (χ2v) is 5.17. The molecule has 0 bridgehead atoms. The molecule has 0 aliphatic carbocycles. The summed E-state index contributed by atoms with van der Waals surface area (Å²) in [6.07, 6.45) is 0.597. The molecule has 7 nitrogen and oxygen atoms in total. The summed E-state index contributed by atoms with van der Waals surface area (Å²) in [4.78, 5) is 23.1. The van der Waals surface area contributed by atoms with E-state index in [1.165, 1.54) is 21.3 Å². The zero-order chi connectivity index (χ0) is 18.3. The van der Waals surface area contributed by atoms with Gasteiger partial charge in [-0.25, -0.2) is 0 Å². The third-order valence-electron chi connectivity index (χ3n) is 3.72. The number of Topliss-reactive ketones (excluding diaryl/α,β-unsaturated/α-hetero) is 1. The largest absolute Gasteiger partial charge is 0.493 e. The summed E-state index contributed by atoms with van der Waals surface area (Å²) in [5.41, 5.74) is 0.409. The van der Waals surface area contributed by atoms with Crippen molar-refractivity contribution in [3.05, 3.63) is 17.7 Å². The monoisotopic (exact) mass is 337 g/mol. The number of methoxy groups -OCH3 is 3. The molecule has 1 aromatic carbocycles. The minimum Gasteiger partial charge on any atom is -0.493 e. The molecule has 7 heteroatoms. The minimum absolute atomic E-state index is 0.0429. The number of aliphatic carboxylic acids is 1. The number of carboxylic acids is 1. The predicted molar refractivity (Wildman–Crippen MR) is 88.6 cm³/mol. The summed E-state index contributed by atoms with van der Waals surface area (Å²) < 4.78 is 15.7. The molecule has 0 heterocycles. The first-order valence-corrected chi connectivity index (χ1v) is 7.52. The first-order chi connectivity index (χ1) is 11.4. The lowest BCUT2D eigenvalue weighted by molar-refractivity contribution is -0.139. The van der Waals surface area contributed by atoms with Crippen LogP contribution in [0.2, 0.25) is 0 Å². The maximum Gasteiger partial charge on any atom is 0.312 e. The van der Waals surface area contributed by atoms with Crippen molar-refractivity contribution >= 4 is 17.5 Å². The molecule has 132 valence electrons. The number of carbonyl (C=O) groups is 2. The van der Waals surface area contributed by atoms with Gasteiger partial charge >= 0.3 is 5.97 Å². The van der Waals surface area contributed by atoms with E-state index in [1.54, 1.807) is 19.1 Å². The molecule has 0 amide bonds. The average Bonchev–Trinajstić information content (AvgIpc) is 2.58. The molecule has 2 N–H and O–H groups in total. The van der Waals surface area contributed by atoms with Gasteiger partial charge in [0.2, 0.25) is 5.75 Å². The van der Waals surface area contributed by atoms with Gasteiger partial charge in [0.25, 0.3) is 0 Å². The Labute approximate surface area is 141 Å². The van der Waals surface area contributed by atoms with Crippen LogP contribution in [0.5, 0.6) is 17.2 Å². The number of aryl methyl sites for hydroxylation is 1. The molecular formula is C17H23NO6. The van der Waals surface area contributed by atoms with Crippen LogP contribution in [0.3, 0.4) is 0 Å². The first kappa shape index (κ1) is 19.5. The highest BCUT2D eigenvalue weighted by molar-refractivity contribution is 6.42. The summed E-state index contributed by atoms with van der Waals surface area (Å²) in [6, 6.07) is 3.46. The number of nitrogens with one attached hydrogen (secondary N) is 1. The summed E-state index contributed by atoms with van der Waals surface area (Å²) in [5, 5.41) is 16.8. The molecule has 1 atom stereocenters. The van der Waals surface area contributed by atoms with Crippen LogP contribution in [-0.2, 0) is 16.0 Å². The summed E-state index contributed by atoms with van der Waals surface area (Å²) in [5.74, 6) is -1.27. The third kappa shape index (κ3) is 4.47. The maximum atomic E-state index is 12.1. The quantitative estimate of drug-likeness (QED) is 0.635. The van der Waals surface area contributed by atoms with Crippen molar-refractivity contribution in [2.24, 2.45) is 5.92 Å². The Bertz CT molecular complexity index is 601. The van der Waals surface area contributed by atoms with Crippen LogP contribution < -0.4 is 14.2 Å². The van der Waals surface area contributed by atoms with Crippen LogP contribution >= 0.6 is 0 Å². The third-order valence-corrected chi connectivity index (χ3v) is 3.72. The summed E-state index contributed by atoms with van der Waals surface area (Å²) in [7, 11) is 4.50. The number of ketones is 1. The van der Waals surface area contributed by atoms with Gasteiger partial charge in [0.1, 0.15) is 5.92 Å². The molecule has 0 spiro atoms. The van der Waals surface area contributed by atoms with Crippen LogP contribution in [0.1, 0.15) is 25.3 Å². The molecule has 0 unspecified atom stereocenters. The van der Waals surface area contributed by atoms with E-state index < -0.39 is 17.7 Å². The van der Waals surface area contributed by atoms with Gasteiger partial charge in [-0.1, -0.05) is 6.92 Å². The van der Waals surface area contributed by atoms with Crippen molar-refractivity contribution in [2.45, 2.75) is 26.2 Å². The Morgan fingerprint density at radius 1 is 1.12 bits per heavy atom. The average molecular weight is 337 g/mol. The molecule has 0 saturated carbocycles. The van der Waals surface area contributed by atoms with Gasteiger partial charge in [0, 0.05) is 6.42 Å². The van der Waals surface area contributed by atoms with Crippen LogP contribution in [0.4, 0.5) is 0 Å². The number of ether oxygens (including phenoxy) is 3. The van der Waals surface area contributed by atoms with E-state index in [1.807, 2.05) is 0 Å². The van der Waals surface area contributed by atoms with Crippen LogP contribution in [-0.4, -0.2) is 43.9 Å². The van der Waals surface area contributed by atoms with Gasteiger partial charge in [-0.15, -0.1) is 0 Å². The van der Waals surface area contributed by atoms with Gasteiger partial charge in [0.05, 0.1) is 27.0 Å². The number of hydrogen-bond donors (Lipinski definition) is 2. The fraction of sp³-hybridized carbons (Fsp3) is 0.471. The van der Waals surface area contributed by atoms with E-state index in [4.69, 9.17) is 24.7 Å². The SMILES string of the molecule is CC[C@@H](C(=N)C(=O)CCc1cc(OC)c(OC)c(OC)c1)C(=O)O. The Morgan fingerprint density at radius 2 is 1.67 bits per heavy atom. The van der Waals surface area contributed by atoms with Crippen molar-refractivity contribution in [2.75, 3.05) is 21.3 Å². The molecule has 0 saturated heterocycles. The van der Waals surface area contributed by atoms with Crippen LogP contribution in [0, 0.1) is 11.3 Å². The second-order valence-electron chi connectivity index (χ2n) is 5.17. The number of hydrogen-bond acceptors (Lipinski definition) is 6. The first-order valence-electron chi connectivity index (χ1n) is 7.52. The topological polar surface area (TPSA) is 106 Å². The van der Waals surface area contributed by atoms with E-state index in [2.05, 4.69) is 0 Å². The van der Waals surface area contributed by atoms with E-state index in [0.717, 1.165) is 5.56 Å². The lowest BCUT2D eigenvalue weighted by Crippen LogP contribution is -2.29. The Morgan fingerprint density at radius 3 is 2.04 bits per heavy atom. The fourth-order valence-corrected chi connectivity index (χ4v) is 2.37. The predicted octanol–water partition coefficient (Wildman–Crippen LogP) is 2.34. The number of rotatable bonds is 10. The molecule has 1 rings (SSSR count). The number of benzene rings is 1. The van der Waals surface area contributed by atoms with E-state index >= 15 is 0 Å². The van der Waals surface area contributed by atoms with Crippen molar-refractivity contribution in [3.63, 3.8) is 0 Å². The number of carbonyl (C=O) groups excluding carboxylic acids is 1. The zero-order valence-electron chi connectivity index (χ0n) is 14.3. The fourth-order valence-electron chi connectivity index (χ4n) is 2.37. The lowest BCUT2D eigenvalue weighted by atomic mass is 9.94. The molecule has 0 fully saturated rings. The Hall–Kier alpha value is -2.57. The second kappa shape index (κ2) is 8.90. The van der Waals surface area contributed by atoms with Crippen LogP contribution in [0.15, 0.2) is 12.1 Å². The minimum atomic E-state index is -1.15. The number of carboxylic acid groups (broad SMARTS) is 1. The lowest BCUT2D eigenvalue weighted by Gasteiger charge is -2.14. The van der Waals surface area contributed by atoms with Crippen molar-refractivity contribution in [1.82, 2.24) is 0 Å². The molecule has 0 radical (unpaired) electrons. The molecule has 1 aromatic rings. The van der Waals surface area contributed by atoms with Gasteiger partial charge < -0.3 is 24.7 Å². The maximum absolute atomic E-state index is 12.1. The van der Waals surface area contributed by atoms with Gasteiger partial charge in [-0.2, -0.15) is 0 Å². The van der Waals surface area contributed by atoms with Gasteiger partial charge in [-0.05, 0) is 30.5 Å². The zero-order valence-corrected chi connectivity index (χ0v) is 14.3. The molecular weight excluding hydrogens is 314 g/mol. The van der Waals surface area contributed by atoms with E-state index in [0.29, 0.717) is 23.7 Å². The molecule has 0 aliphatic rings. The van der Waals surface area contributed by atoms with Crippen molar-refractivity contribution in [1.29, 1.82) is 5.41 Å². The van der Waals surface area contributed by atoms with E-state index in [9.17, 15) is 9.59 Å². The Balaban J connectivity index is 2.89. The van der Waals surface area contributed by atoms with E-state index in [-0.39, 0.29) is 18.6 Å². The summed E-state index contributed by atoms with van der Waals surface area (Å²) >= 11 is 0. The Kier molecular flexibility index (Phi) is 7.23. The highest BCUT2D eigenvalue weighted by atomic mass is 16.5. The molecule has 0 aliphatic heterocycles. The highest BCUT2D eigenvalue weighted by Crippen LogP contribution is 2.38. The standard InChI is InChI=1S/C17H23NO6/c1-5-11(17(20)21)15(18)12(19)7-6-10-8-13(22-2)16(24-4)14(9-10)23-3/h8-9,11,18H,5-7H2,1-4H3,(H,20,21)/t11-/m0/s1. The molecule has 24 heavy (non-hydrogen) atoms. The normalized spacial score (nSPS) is 11.5. The summed E-state index contributed by atoms with van der Waals surface area (Å²) in [6.45, 7) is 1.64. The van der Waals surface area contributed by atoms with Gasteiger partial charge in [0.15, 0.2) is 17.3 Å². The smallest absolute Gasteiger partial charge is 0.312 e. The van der Waals surface area contributed by atoms with Crippen molar-refractivity contribution < 1.29 is 28.9 Å². The van der Waals surface area contributed by atoms with Gasteiger partial charge in [-0.3, -0.25) is 9.59 Å². The highest BCUT2D eigenvalue weighted by Gasteiger charge is 2.25.